The standard InChI is InChI=1S/C18H13ClN2O3/c19-15-9-5-4-6-13(15)10-11-17(22)23-12-16-20-18(21-24-16)14-7-2-1-3-8-14/h1-11H,12H2/b11-10+. The number of hydrogen-bond donors (Lipinski definition) is 0. The number of halogens is 1. The third-order valence-corrected chi connectivity index (χ3v) is 3.49. The van der Waals surface area contributed by atoms with E-state index in [9.17, 15) is 4.79 Å². The Kier molecular flexibility index (Phi) is 5.03. The normalized spacial score (nSPS) is 10.9. The van der Waals surface area contributed by atoms with Gasteiger partial charge in [-0.2, -0.15) is 4.98 Å². The Morgan fingerprint density at radius 1 is 1.12 bits per heavy atom. The lowest BCUT2D eigenvalue weighted by Gasteiger charge is -1.98. The minimum Gasteiger partial charge on any atom is -0.452 e. The molecule has 0 N–H and O–H groups in total. The zero-order valence-electron chi connectivity index (χ0n) is 12.6. The van der Waals surface area contributed by atoms with Crippen LogP contribution in [-0.2, 0) is 16.1 Å². The van der Waals surface area contributed by atoms with Crippen molar-refractivity contribution in [3.05, 3.63) is 77.2 Å². The second-order valence-electron chi connectivity index (χ2n) is 4.84. The van der Waals surface area contributed by atoms with Gasteiger partial charge in [0.1, 0.15) is 0 Å². The van der Waals surface area contributed by atoms with E-state index in [1.807, 2.05) is 42.5 Å². The molecule has 0 fully saturated rings. The van der Waals surface area contributed by atoms with Crippen LogP contribution in [0.1, 0.15) is 11.5 Å². The Hall–Kier alpha value is -2.92. The van der Waals surface area contributed by atoms with Crippen molar-refractivity contribution in [1.29, 1.82) is 0 Å². The maximum atomic E-state index is 11.7. The van der Waals surface area contributed by atoms with Gasteiger partial charge in [-0.15, -0.1) is 0 Å². The van der Waals surface area contributed by atoms with Gasteiger partial charge >= 0.3 is 5.97 Å². The van der Waals surface area contributed by atoms with Crippen LogP contribution in [0.4, 0.5) is 0 Å². The Morgan fingerprint density at radius 3 is 2.67 bits per heavy atom. The fourth-order valence-corrected chi connectivity index (χ4v) is 2.17. The predicted molar refractivity (Wildman–Crippen MR) is 90.0 cm³/mol. The number of esters is 1. The summed E-state index contributed by atoms with van der Waals surface area (Å²) in [5.41, 5.74) is 1.57. The van der Waals surface area contributed by atoms with E-state index in [1.54, 1.807) is 18.2 Å². The van der Waals surface area contributed by atoms with E-state index < -0.39 is 5.97 Å². The van der Waals surface area contributed by atoms with Crippen molar-refractivity contribution in [3.8, 4) is 11.4 Å². The van der Waals surface area contributed by atoms with Crippen LogP contribution in [0.3, 0.4) is 0 Å². The van der Waals surface area contributed by atoms with E-state index in [-0.39, 0.29) is 12.5 Å². The number of carbonyl (C=O) groups is 1. The highest BCUT2D eigenvalue weighted by Gasteiger charge is 2.09. The molecule has 120 valence electrons. The molecule has 0 atom stereocenters. The monoisotopic (exact) mass is 340 g/mol. The first-order valence-corrected chi connectivity index (χ1v) is 7.57. The summed E-state index contributed by atoms with van der Waals surface area (Å²) in [7, 11) is 0. The lowest BCUT2D eigenvalue weighted by molar-refractivity contribution is -0.139. The molecule has 6 heteroatoms. The van der Waals surface area contributed by atoms with Gasteiger partial charge in [-0.05, 0) is 17.7 Å². The number of nitrogens with zero attached hydrogens (tertiary/aromatic N) is 2. The molecule has 24 heavy (non-hydrogen) atoms. The first kappa shape index (κ1) is 16.0. The third kappa shape index (κ3) is 4.08. The molecular formula is C18H13ClN2O3. The molecule has 0 saturated carbocycles. The molecule has 0 bridgehead atoms. The van der Waals surface area contributed by atoms with Crippen molar-refractivity contribution in [2.45, 2.75) is 6.61 Å². The summed E-state index contributed by atoms with van der Waals surface area (Å²) in [6, 6.07) is 16.6. The van der Waals surface area contributed by atoms with Gasteiger partial charge in [-0.1, -0.05) is 65.3 Å². The number of benzene rings is 2. The molecule has 0 aliphatic carbocycles. The van der Waals surface area contributed by atoms with Gasteiger partial charge in [0.25, 0.3) is 5.89 Å². The van der Waals surface area contributed by atoms with Gasteiger partial charge in [0.05, 0.1) is 0 Å². The van der Waals surface area contributed by atoms with Crippen LogP contribution in [0.15, 0.2) is 65.2 Å². The van der Waals surface area contributed by atoms with Crippen LogP contribution in [0.2, 0.25) is 5.02 Å². The maximum Gasteiger partial charge on any atom is 0.331 e. The quantitative estimate of drug-likeness (QED) is 0.515. The topological polar surface area (TPSA) is 65.2 Å². The second-order valence-corrected chi connectivity index (χ2v) is 5.25. The van der Waals surface area contributed by atoms with Gasteiger partial charge in [0.2, 0.25) is 5.82 Å². The minimum absolute atomic E-state index is 0.0917. The Labute approximate surface area is 143 Å². The lowest BCUT2D eigenvalue weighted by atomic mass is 10.2. The molecule has 3 rings (SSSR count). The zero-order valence-corrected chi connectivity index (χ0v) is 13.3. The van der Waals surface area contributed by atoms with E-state index in [1.165, 1.54) is 6.08 Å². The Morgan fingerprint density at radius 2 is 1.88 bits per heavy atom. The summed E-state index contributed by atoms with van der Waals surface area (Å²) in [5.74, 6) is 0.163. The summed E-state index contributed by atoms with van der Waals surface area (Å²) >= 11 is 6.01. The minimum atomic E-state index is -0.519. The van der Waals surface area contributed by atoms with Gasteiger partial charge in [0, 0.05) is 16.7 Å². The number of aromatic nitrogens is 2. The molecule has 0 amide bonds. The van der Waals surface area contributed by atoms with Crippen LogP contribution in [0.5, 0.6) is 0 Å². The highest BCUT2D eigenvalue weighted by atomic mass is 35.5. The molecular weight excluding hydrogens is 328 g/mol. The molecule has 0 spiro atoms. The molecule has 3 aromatic rings. The van der Waals surface area contributed by atoms with Crippen molar-refractivity contribution >= 4 is 23.6 Å². The Balaban J connectivity index is 1.57. The average molecular weight is 341 g/mol. The number of ether oxygens (including phenoxy) is 1. The van der Waals surface area contributed by atoms with Crippen LogP contribution >= 0.6 is 11.6 Å². The second kappa shape index (κ2) is 7.57. The summed E-state index contributed by atoms with van der Waals surface area (Å²) in [6.45, 7) is -0.0917. The molecule has 0 saturated heterocycles. The number of rotatable bonds is 5. The third-order valence-electron chi connectivity index (χ3n) is 3.14. The summed E-state index contributed by atoms with van der Waals surface area (Å²) in [4.78, 5) is 15.9. The lowest BCUT2D eigenvalue weighted by Crippen LogP contribution is -2.01. The molecule has 2 aromatic carbocycles. The zero-order chi connectivity index (χ0) is 16.8. The first-order valence-electron chi connectivity index (χ1n) is 7.20. The van der Waals surface area contributed by atoms with E-state index in [0.29, 0.717) is 10.8 Å². The first-order chi connectivity index (χ1) is 11.7. The van der Waals surface area contributed by atoms with Crippen molar-refractivity contribution in [2.75, 3.05) is 0 Å². The highest BCUT2D eigenvalue weighted by Crippen LogP contribution is 2.17. The van der Waals surface area contributed by atoms with Crippen LogP contribution < -0.4 is 0 Å². The summed E-state index contributed by atoms with van der Waals surface area (Å²) in [5, 5.41) is 4.42. The number of carbonyl (C=O) groups excluding carboxylic acids is 1. The largest absolute Gasteiger partial charge is 0.452 e. The van der Waals surface area contributed by atoms with Crippen molar-refractivity contribution in [3.63, 3.8) is 0 Å². The average Bonchev–Trinajstić information content (AvgIpc) is 3.09. The molecule has 0 aliphatic heterocycles. The molecule has 5 nitrogen and oxygen atoms in total. The molecule has 1 aromatic heterocycles. The van der Waals surface area contributed by atoms with E-state index >= 15 is 0 Å². The molecule has 0 radical (unpaired) electrons. The van der Waals surface area contributed by atoms with E-state index in [2.05, 4.69) is 10.1 Å². The molecule has 0 aliphatic rings. The molecule has 0 unspecified atom stereocenters. The predicted octanol–water partition coefficient (Wildman–Crippen LogP) is 4.15. The smallest absolute Gasteiger partial charge is 0.331 e. The van der Waals surface area contributed by atoms with Gasteiger partial charge < -0.3 is 9.26 Å². The van der Waals surface area contributed by atoms with Gasteiger partial charge in [0.15, 0.2) is 6.61 Å². The van der Waals surface area contributed by atoms with Gasteiger partial charge in [-0.3, -0.25) is 0 Å². The van der Waals surface area contributed by atoms with Crippen LogP contribution in [0.25, 0.3) is 17.5 Å². The van der Waals surface area contributed by atoms with Gasteiger partial charge in [-0.25, -0.2) is 4.79 Å². The van der Waals surface area contributed by atoms with E-state index in [4.69, 9.17) is 20.9 Å². The van der Waals surface area contributed by atoms with E-state index in [0.717, 1.165) is 11.1 Å². The fourth-order valence-electron chi connectivity index (χ4n) is 1.97. The molecule has 1 heterocycles. The fraction of sp³-hybridized carbons (Fsp3) is 0.0556. The van der Waals surface area contributed by atoms with Crippen molar-refractivity contribution in [2.24, 2.45) is 0 Å². The summed E-state index contributed by atoms with van der Waals surface area (Å²) in [6.07, 6.45) is 2.89. The highest BCUT2D eigenvalue weighted by molar-refractivity contribution is 6.32. The Bertz CT molecular complexity index is 859. The van der Waals surface area contributed by atoms with Crippen molar-refractivity contribution < 1.29 is 14.1 Å². The maximum absolute atomic E-state index is 11.7. The number of hydrogen-bond acceptors (Lipinski definition) is 5. The van der Waals surface area contributed by atoms with Crippen molar-refractivity contribution in [1.82, 2.24) is 10.1 Å². The summed E-state index contributed by atoms with van der Waals surface area (Å²) < 4.78 is 10.1. The van der Waals surface area contributed by atoms with Crippen LogP contribution in [-0.4, -0.2) is 16.1 Å². The SMILES string of the molecule is O=C(/C=C/c1ccccc1Cl)OCc1nc(-c2ccccc2)no1. The van der Waals surface area contributed by atoms with Crippen LogP contribution in [0, 0.1) is 0 Å².